The maximum atomic E-state index is 13.3. The van der Waals surface area contributed by atoms with Crippen molar-refractivity contribution in [3.05, 3.63) is 18.2 Å². The van der Waals surface area contributed by atoms with Gasteiger partial charge >= 0.3 is 11.9 Å². The summed E-state index contributed by atoms with van der Waals surface area (Å²) < 4.78 is 0. The van der Waals surface area contributed by atoms with Crippen LogP contribution >= 0.6 is 0 Å². The molecule has 1 fully saturated rings. The van der Waals surface area contributed by atoms with Crippen LogP contribution in [0.4, 0.5) is 0 Å². The van der Waals surface area contributed by atoms with E-state index >= 15 is 0 Å². The maximum absolute atomic E-state index is 13.3. The number of amides is 3. The van der Waals surface area contributed by atoms with E-state index in [1.807, 2.05) is 0 Å². The first-order valence-electron chi connectivity index (χ1n) is 10.6. The van der Waals surface area contributed by atoms with Gasteiger partial charge in [-0.15, -0.1) is 0 Å². The third-order valence-electron chi connectivity index (χ3n) is 5.39. The van der Waals surface area contributed by atoms with Crippen molar-refractivity contribution >= 4 is 29.7 Å². The van der Waals surface area contributed by atoms with E-state index in [1.54, 1.807) is 13.8 Å². The highest BCUT2D eigenvalue weighted by Gasteiger charge is 2.39. The summed E-state index contributed by atoms with van der Waals surface area (Å²) in [5.74, 6) is -4.76. The molecule has 0 saturated carbocycles. The van der Waals surface area contributed by atoms with Crippen molar-refractivity contribution in [1.82, 2.24) is 25.5 Å². The third kappa shape index (κ3) is 7.00. The molecule has 1 aromatic rings. The Kier molecular flexibility index (Phi) is 8.91. The highest BCUT2D eigenvalue weighted by molar-refractivity contribution is 5.95. The van der Waals surface area contributed by atoms with Crippen LogP contribution < -0.4 is 16.4 Å². The number of aromatic amines is 1. The van der Waals surface area contributed by atoms with E-state index in [0.29, 0.717) is 18.5 Å². The summed E-state index contributed by atoms with van der Waals surface area (Å²) in [6.45, 7) is 3.56. The predicted molar refractivity (Wildman–Crippen MR) is 114 cm³/mol. The van der Waals surface area contributed by atoms with Crippen LogP contribution in [0.1, 0.15) is 38.8 Å². The highest BCUT2D eigenvalue weighted by atomic mass is 16.4. The summed E-state index contributed by atoms with van der Waals surface area (Å²) in [5.41, 5.74) is 6.16. The summed E-state index contributed by atoms with van der Waals surface area (Å²) in [4.78, 5) is 68.9. The van der Waals surface area contributed by atoms with Gasteiger partial charge in [-0.2, -0.15) is 0 Å². The number of rotatable bonds is 11. The second kappa shape index (κ2) is 11.4. The fourth-order valence-electron chi connectivity index (χ4n) is 3.64. The average molecular weight is 466 g/mol. The van der Waals surface area contributed by atoms with Gasteiger partial charge in [0.2, 0.25) is 17.7 Å². The number of carboxylic acids is 2. The lowest BCUT2D eigenvalue weighted by molar-refractivity contribution is -0.145. The van der Waals surface area contributed by atoms with Crippen LogP contribution in [0, 0.1) is 5.92 Å². The molecule has 33 heavy (non-hydrogen) atoms. The van der Waals surface area contributed by atoms with Crippen molar-refractivity contribution in [2.24, 2.45) is 11.7 Å². The van der Waals surface area contributed by atoms with Gasteiger partial charge in [0.25, 0.3) is 0 Å². The molecule has 2 rings (SSSR count). The van der Waals surface area contributed by atoms with Crippen LogP contribution in [-0.4, -0.2) is 85.5 Å². The molecule has 1 saturated heterocycles. The molecule has 0 spiro atoms. The molecule has 0 aromatic carbocycles. The zero-order chi connectivity index (χ0) is 24.7. The minimum absolute atomic E-state index is 0.0128. The quantitative estimate of drug-likeness (QED) is 0.223. The van der Waals surface area contributed by atoms with Crippen molar-refractivity contribution in [3.63, 3.8) is 0 Å². The summed E-state index contributed by atoms with van der Waals surface area (Å²) >= 11 is 0. The number of imidazole rings is 1. The van der Waals surface area contributed by atoms with Crippen LogP contribution in [0.15, 0.2) is 12.5 Å². The number of nitrogens with two attached hydrogens (primary N) is 1. The Morgan fingerprint density at radius 1 is 1.24 bits per heavy atom. The summed E-state index contributed by atoms with van der Waals surface area (Å²) in [6.07, 6.45) is 3.13. The molecular formula is C20H30N6O7. The molecule has 13 heteroatoms. The second-order valence-electron chi connectivity index (χ2n) is 8.30. The van der Waals surface area contributed by atoms with Gasteiger partial charge in [0.05, 0.1) is 18.8 Å². The van der Waals surface area contributed by atoms with Crippen molar-refractivity contribution in [2.75, 3.05) is 6.54 Å². The van der Waals surface area contributed by atoms with Crippen molar-refractivity contribution < 1.29 is 34.2 Å². The van der Waals surface area contributed by atoms with E-state index in [-0.39, 0.29) is 18.9 Å². The first-order valence-corrected chi connectivity index (χ1v) is 10.6. The number of nitrogens with one attached hydrogen (secondary N) is 3. The zero-order valence-electron chi connectivity index (χ0n) is 18.5. The van der Waals surface area contributed by atoms with E-state index in [1.165, 1.54) is 17.4 Å². The van der Waals surface area contributed by atoms with Gasteiger partial charge in [0.15, 0.2) is 0 Å². The summed E-state index contributed by atoms with van der Waals surface area (Å²) in [5, 5.41) is 23.2. The number of nitrogens with zero attached hydrogens (tertiary/aromatic N) is 2. The zero-order valence-corrected chi connectivity index (χ0v) is 18.5. The van der Waals surface area contributed by atoms with Gasteiger partial charge in [-0.05, 0) is 18.8 Å². The molecule has 13 nitrogen and oxygen atoms in total. The second-order valence-corrected chi connectivity index (χ2v) is 8.30. The van der Waals surface area contributed by atoms with E-state index in [4.69, 9.17) is 10.8 Å². The normalized spacial score (nSPS) is 18.4. The van der Waals surface area contributed by atoms with E-state index < -0.39 is 60.2 Å². The Balaban J connectivity index is 2.19. The first-order chi connectivity index (χ1) is 15.5. The van der Waals surface area contributed by atoms with E-state index in [9.17, 15) is 29.1 Å². The maximum Gasteiger partial charge on any atom is 0.326 e. The number of carboxylic acid groups (broad SMARTS) is 2. The van der Waals surface area contributed by atoms with Gasteiger partial charge < -0.3 is 36.5 Å². The Bertz CT molecular complexity index is 872. The van der Waals surface area contributed by atoms with Crippen LogP contribution in [0.25, 0.3) is 0 Å². The number of aliphatic carboxylic acids is 2. The molecule has 4 atom stereocenters. The molecule has 2 heterocycles. The van der Waals surface area contributed by atoms with Crippen LogP contribution in [0.2, 0.25) is 0 Å². The standard InChI is InChI=1S/C20H30N6O7/c1-10(2)16(20(32)33)25-18(30)14-4-3-5-26(14)19(31)13(6-11-8-22-9-23-11)24-17(29)12(21)7-15(27)28/h8-10,12-14,16H,3-7,21H2,1-2H3,(H,22,23)(H,24,29)(H,25,30)(H,27,28)(H,32,33). The van der Waals surface area contributed by atoms with Crippen molar-refractivity contribution in [1.29, 1.82) is 0 Å². The van der Waals surface area contributed by atoms with Crippen molar-refractivity contribution in [2.45, 2.75) is 63.7 Å². The highest BCUT2D eigenvalue weighted by Crippen LogP contribution is 2.20. The lowest BCUT2D eigenvalue weighted by Crippen LogP contribution is -2.57. The molecule has 0 radical (unpaired) electrons. The number of likely N-dealkylation sites (tertiary alicyclic amines) is 1. The Morgan fingerprint density at radius 2 is 1.94 bits per heavy atom. The van der Waals surface area contributed by atoms with Gasteiger partial charge in [-0.1, -0.05) is 13.8 Å². The number of carbonyl (C=O) groups is 5. The number of H-pyrrole nitrogens is 1. The number of hydrogen-bond acceptors (Lipinski definition) is 7. The summed E-state index contributed by atoms with van der Waals surface area (Å²) in [6, 6.07) is -4.50. The van der Waals surface area contributed by atoms with Gasteiger partial charge in [0, 0.05) is 24.9 Å². The molecule has 0 aliphatic carbocycles. The molecule has 1 aliphatic rings. The molecule has 4 unspecified atom stereocenters. The number of aromatic nitrogens is 2. The van der Waals surface area contributed by atoms with Crippen LogP contribution in [-0.2, 0) is 30.4 Å². The topological polar surface area (TPSA) is 208 Å². The molecule has 7 N–H and O–H groups in total. The molecular weight excluding hydrogens is 436 g/mol. The smallest absolute Gasteiger partial charge is 0.326 e. The first kappa shape index (κ1) is 25.8. The largest absolute Gasteiger partial charge is 0.481 e. The number of carbonyl (C=O) groups excluding carboxylic acids is 3. The van der Waals surface area contributed by atoms with Gasteiger partial charge in [0.1, 0.15) is 18.1 Å². The van der Waals surface area contributed by atoms with E-state index in [2.05, 4.69) is 20.6 Å². The summed E-state index contributed by atoms with van der Waals surface area (Å²) in [7, 11) is 0. The lowest BCUT2D eigenvalue weighted by Gasteiger charge is -2.30. The molecule has 182 valence electrons. The Morgan fingerprint density at radius 3 is 2.48 bits per heavy atom. The number of hydrogen-bond donors (Lipinski definition) is 6. The molecule has 1 aromatic heterocycles. The third-order valence-corrected chi connectivity index (χ3v) is 5.39. The van der Waals surface area contributed by atoms with Gasteiger partial charge in [-0.25, -0.2) is 9.78 Å². The monoisotopic (exact) mass is 466 g/mol. The minimum Gasteiger partial charge on any atom is -0.481 e. The Hall–Kier alpha value is -3.48. The minimum atomic E-state index is -1.36. The molecule has 1 aliphatic heterocycles. The predicted octanol–water partition coefficient (Wildman–Crippen LogP) is -1.54. The molecule has 0 bridgehead atoms. The Labute approximate surface area is 190 Å². The average Bonchev–Trinajstić information content (AvgIpc) is 3.41. The fourth-order valence-corrected chi connectivity index (χ4v) is 3.64. The van der Waals surface area contributed by atoms with E-state index in [0.717, 1.165) is 0 Å². The van der Waals surface area contributed by atoms with Crippen LogP contribution in [0.5, 0.6) is 0 Å². The van der Waals surface area contributed by atoms with Gasteiger partial charge in [-0.3, -0.25) is 19.2 Å². The molecule has 3 amide bonds. The van der Waals surface area contributed by atoms with Crippen molar-refractivity contribution in [3.8, 4) is 0 Å². The lowest BCUT2D eigenvalue weighted by atomic mass is 10.0. The fraction of sp³-hybridized carbons (Fsp3) is 0.600. The van der Waals surface area contributed by atoms with Crippen LogP contribution in [0.3, 0.4) is 0 Å². The SMILES string of the molecule is CC(C)C(NC(=O)C1CCCN1C(=O)C(Cc1cnc[nH]1)NC(=O)C(N)CC(=O)O)C(=O)O.